The van der Waals surface area contributed by atoms with Crippen molar-refractivity contribution in [3.63, 3.8) is 0 Å². The number of carboxylic acid groups (broad SMARTS) is 1. The summed E-state index contributed by atoms with van der Waals surface area (Å²) in [4.78, 5) is 38.5. The molecular formula is C18H22N2O4S. The highest BCUT2D eigenvalue weighted by atomic mass is 32.2. The molecule has 2 saturated heterocycles. The summed E-state index contributed by atoms with van der Waals surface area (Å²) in [5, 5.41) is 12.0. The minimum atomic E-state index is -1.10. The van der Waals surface area contributed by atoms with Gasteiger partial charge in [0.1, 0.15) is 17.0 Å². The van der Waals surface area contributed by atoms with Crippen LogP contribution in [0.15, 0.2) is 18.2 Å². The van der Waals surface area contributed by atoms with Gasteiger partial charge in [-0.15, -0.1) is 11.8 Å². The number of aryl methyl sites for hydroxylation is 2. The molecule has 0 spiro atoms. The molecule has 2 aliphatic heterocycles. The fraction of sp³-hybridized carbons (Fsp3) is 0.500. The summed E-state index contributed by atoms with van der Waals surface area (Å²) in [6, 6.07) is 4.70. The maximum atomic E-state index is 12.8. The van der Waals surface area contributed by atoms with Crippen LogP contribution >= 0.6 is 11.8 Å². The van der Waals surface area contributed by atoms with Crippen LogP contribution in [-0.4, -0.2) is 49.5 Å². The van der Waals surface area contributed by atoms with E-state index in [0.29, 0.717) is 5.56 Å². The van der Waals surface area contributed by atoms with Gasteiger partial charge in [-0.1, -0.05) is 18.2 Å². The van der Waals surface area contributed by atoms with E-state index < -0.39 is 22.3 Å². The van der Waals surface area contributed by atoms with Gasteiger partial charge >= 0.3 is 5.97 Å². The molecule has 2 aliphatic rings. The second-order valence-electron chi connectivity index (χ2n) is 7.45. The molecule has 6 nitrogen and oxygen atoms in total. The Bertz CT molecular complexity index is 771. The number of benzene rings is 1. The molecule has 7 heteroatoms. The standard InChI is InChI=1S/C18H22N2O4S/c1-9-7-6-8-10(2)11(9)13(21)19-18(5)15(24)20-12(14(22)23)17(3,4)25-16(18)20/h6-8,12,16H,1-5H3,(H,19,21)(H,22,23)/t12-,16+,18?/m0/s1. The Labute approximate surface area is 151 Å². The molecule has 1 unspecified atom stereocenters. The van der Waals surface area contributed by atoms with E-state index in [9.17, 15) is 19.5 Å². The van der Waals surface area contributed by atoms with Crippen molar-refractivity contribution >= 4 is 29.5 Å². The first-order valence-corrected chi connectivity index (χ1v) is 9.01. The molecule has 0 aromatic heterocycles. The molecular weight excluding hydrogens is 340 g/mol. The average Bonchev–Trinajstić information content (AvgIpc) is 2.76. The number of β-lactam (4-membered cyclic amide) rings is 1. The lowest BCUT2D eigenvalue weighted by atomic mass is 9.85. The van der Waals surface area contributed by atoms with E-state index in [0.717, 1.165) is 11.1 Å². The largest absolute Gasteiger partial charge is 0.480 e. The van der Waals surface area contributed by atoms with Crippen molar-refractivity contribution in [3.8, 4) is 0 Å². The van der Waals surface area contributed by atoms with E-state index in [1.165, 1.54) is 16.7 Å². The SMILES string of the molecule is Cc1cccc(C)c1C(=O)NC1(C)C(=O)N2[C@@H](C(=O)O)C(C)(C)S[C@@H]21. The second kappa shape index (κ2) is 5.49. The molecule has 2 amide bonds. The Morgan fingerprint density at radius 2 is 1.76 bits per heavy atom. The number of carboxylic acids is 1. The first kappa shape index (κ1) is 17.8. The van der Waals surface area contributed by atoms with Gasteiger partial charge in [0.15, 0.2) is 0 Å². The number of thioether (sulfide) groups is 1. The quantitative estimate of drug-likeness (QED) is 0.803. The summed E-state index contributed by atoms with van der Waals surface area (Å²) >= 11 is 1.42. The molecule has 2 heterocycles. The lowest BCUT2D eigenvalue weighted by Gasteiger charge is -2.51. The van der Waals surface area contributed by atoms with Crippen molar-refractivity contribution in [1.29, 1.82) is 0 Å². The number of hydrogen-bond donors (Lipinski definition) is 2. The zero-order chi connectivity index (χ0) is 18.7. The summed E-state index contributed by atoms with van der Waals surface area (Å²) in [5.41, 5.74) is 1.14. The van der Waals surface area contributed by atoms with Crippen molar-refractivity contribution in [2.24, 2.45) is 0 Å². The lowest BCUT2D eigenvalue weighted by Crippen LogP contribution is -2.78. The number of hydrogen-bond acceptors (Lipinski definition) is 4. The minimum absolute atomic E-state index is 0.303. The summed E-state index contributed by atoms with van der Waals surface area (Å²) < 4.78 is -0.618. The number of carbonyl (C=O) groups excluding carboxylic acids is 2. The van der Waals surface area contributed by atoms with Crippen molar-refractivity contribution < 1.29 is 19.5 Å². The third-order valence-electron chi connectivity index (χ3n) is 5.09. The lowest BCUT2D eigenvalue weighted by molar-refractivity contribution is -0.165. The first-order chi connectivity index (χ1) is 11.5. The Balaban J connectivity index is 1.89. The number of carbonyl (C=O) groups is 3. The smallest absolute Gasteiger partial charge is 0.327 e. The van der Waals surface area contributed by atoms with Crippen LogP contribution in [0.1, 0.15) is 42.3 Å². The van der Waals surface area contributed by atoms with Gasteiger partial charge in [0.25, 0.3) is 11.8 Å². The molecule has 1 aromatic rings. The monoisotopic (exact) mass is 362 g/mol. The number of rotatable bonds is 3. The summed E-state index contributed by atoms with van der Waals surface area (Å²) in [5.74, 6) is -1.66. The van der Waals surface area contributed by atoms with Crippen molar-refractivity contribution in [1.82, 2.24) is 10.2 Å². The fourth-order valence-corrected chi connectivity index (χ4v) is 5.45. The van der Waals surface area contributed by atoms with Crippen molar-refractivity contribution in [2.75, 3.05) is 0 Å². The summed E-state index contributed by atoms with van der Waals surface area (Å²) in [6.45, 7) is 9.01. The maximum absolute atomic E-state index is 12.8. The first-order valence-electron chi connectivity index (χ1n) is 8.13. The number of fused-ring (bicyclic) bond motifs is 1. The molecule has 0 saturated carbocycles. The average molecular weight is 362 g/mol. The molecule has 0 aliphatic carbocycles. The van der Waals surface area contributed by atoms with Crippen LogP contribution < -0.4 is 5.32 Å². The highest BCUT2D eigenvalue weighted by molar-refractivity contribution is 8.01. The third kappa shape index (κ3) is 2.44. The van der Waals surface area contributed by atoms with E-state index in [1.807, 2.05) is 45.9 Å². The van der Waals surface area contributed by atoms with Gasteiger partial charge in [0, 0.05) is 10.3 Å². The third-order valence-corrected chi connectivity index (χ3v) is 6.85. The summed E-state index contributed by atoms with van der Waals surface area (Å²) in [6.07, 6.45) is 0. The molecule has 2 N–H and O–H groups in total. The minimum Gasteiger partial charge on any atom is -0.480 e. The molecule has 25 heavy (non-hydrogen) atoms. The van der Waals surface area contributed by atoms with Crippen LogP contribution in [0.2, 0.25) is 0 Å². The van der Waals surface area contributed by atoms with Crippen LogP contribution in [-0.2, 0) is 9.59 Å². The number of aliphatic carboxylic acids is 1. The summed E-state index contributed by atoms with van der Waals surface area (Å²) in [7, 11) is 0. The molecule has 3 atom stereocenters. The van der Waals surface area contributed by atoms with Crippen LogP contribution in [0, 0.1) is 13.8 Å². The van der Waals surface area contributed by atoms with Gasteiger partial charge in [-0.05, 0) is 45.7 Å². The van der Waals surface area contributed by atoms with Gasteiger partial charge in [-0.3, -0.25) is 9.59 Å². The van der Waals surface area contributed by atoms with E-state index in [1.54, 1.807) is 6.92 Å². The molecule has 0 radical (unpaired) electrons. The van der Waals surface area contributed by atoms with E-state index in [2.05, 4.69) is 5.32 Å². The van der Waals surface area contributed by atoms with Gasteiger partial charge in [-0.2, -0.15) is 0 Å². The van der Waals surface area contributed by atoms with Crippen LogP contribution in [0.25, 0.3) is 0 Å². The van der Waals surface area contributed by atoms with E-state index in [4.69, 9.17) is 0 Å². The fourth-order valence-electron chi connectivity index (χ4n) is 3.81. The Morgan fingerprint density at radius 3 is 2.28 bits per heavy atom. The van der Waals surface area contributed by atoms with Crippen molar-refractivity contribution in [3.05, 3.63) is 34.9 Å². The predicted molar refractivity (Wildman–Crippen MR) is 95.5 cm³/mol. The van der Waals surface area contributed by atoms with Gasteiger partial charge in [-0.25, -0.2) is 4.79 Å². The van der Waals surface area contributed by atoms with Gasteiger partial charge in [0.2, 0.25) is 0 Å². The number of nitrogens with one attached hydrogen (secondary N) is 1. The van der Waals surface area contributed by atoms with E-state index in [-0.39, 0.29) is 17.2 Å². The Morgan fingerprint density at radius 1 is 1.20 bits per heavy atom. The zero-order valence-electron chi connectivity index (χ0n) is 14.9. The second-order valence-corrected chi connectivity index (χ2v) is 9.18. The molecule has 1 aromatic carbocycles. The van der Waals surface area contributed by atoms with Crippen LogP contribution in [0.5, 0.6) is 0 Å². The maximum Gasteiger partial charge on any atom is 0.327 e. The molecule has 3 rings (SSSR count). The van der Waals surface area contributed by atoms with E-state index >= 15 is 0 Å². The zero-order valence-corrected chi connectivity index (χ0v) is 15.7. The Kier molecular flexibility index (Phi) is 3.91. The molecule has 0 bridgehead atoms. The van der Waals surface area contributed by atoms with Crippen LogP contribution in [0.4, 0.5) is 0 Å². The molecule has 134 valence electrons. The number of nitrogens with zero attached hydrogens (tertiary/aromatic N) is 1. The van der Waals surface area contributed by atoms with Crippen molar-refractivity contribution in [2.45, 2.75) is 56.3 Å². The topological polar surface area (TPSA) is 86.7 Å². The molecule has 2 fully saturated rings. The van der Waals surface area contributed by atoms with Crippen LogP contribution in [0.3, 0.4) is 0 Å². The number of amides is 2. The Hall–Kier alpha value is -2.02. The highest BCUT2D eigenvalue weighted by Gasteiger charge is 2.70. The predicted octanol–water partition coefficient (Wildman–Crippen LogP) is 1.94. The van der Waals surface area contributed by atoms with Gasteiger partial charge < -0.3 is 15.3 Å². The van der Waals surface area contributed by atoms with Gasteiger partial charge in [0.05, 0.1) is 0 Å². The normalized spacial score (nSPS) is 29.8. The highest BCUT2D eigenvalue weighted by Crippen LogP contribution is 2.54.